The van der Waals surface area contributed by atoms with Crippen LogP contribution in [0.1, 0.15) is 59.9 Å². The fourth-order valence-electron chi connectivity index (χ4n) is 2.77. The van der Waals surface area contributed by atoms with Crippen molar-refractivity contribution < 1.29 is 19.1 Å². The molecular weight excluding hydrogens is 378 g/mol. The molecule has 1 N–H and O–H groups in total. The third-order valence-corrected chi connectivity index (χ3v) is 4.80. The molecule has 2 rings (SSSR count). The van der Waals surface area contributed by atoms with E-state index in [1.807, 2.05) is 27.7 Å². The second-order valence-electron chi connectivity index (χ2n) is 6.42. The Kier molecular flexibility index (Phi) is 7.88. The van der Waals surface area contributed by atoms with Crippen molar-refractivity contribution in [1.82, 2.24) is 0 Å². The third-order valence-electron chi connectivity index (χ3n) is 4.43. The molecule has 0 aromatic heterocycles. The zero-order valence-electron chi connectivity index (χ0n) is 16.7. The van der Waals surface area contributed by atoms with Crippen molar-refractivity contribution >= 4 is 29.5 Å². The standard InChI is InChI=1S/C22H26ClNO4/c1-5-18(6-2)28-20-12-16(11-19(21(20)23)27-7-3)22(26)24-17-9-8-15(13-25)14(4)10-17/h8-13,18H,5-7H2,1-4H3,(H,24,26). The van der Waals surface area contributed by atoms with Gasteiger partial charge in [-0.2, -0.15) is 0 Å². The first-order chi connectivity index (χ1) is 13.4. The van der Waals surface area contributed by atoms with Gasteiger partial charge in [0.05, 0.1) is 12.7 Å². The number of halogens is 1. The summed E-state index contributed by atoms with van der Waals surface area (Å²) < 4.78 is 11.6. The van der Waals surface area contributed by atoms with Gasteiger partial charge in [-0.25, -0.2) is 0 Å². The highest BCUT2D eigenvalue weighted by atomic mass is 35.5. The molecule has 0 bridgehead atoms. The number of aldehydes is 1. The number of carbonyl (C=O) groups excluding carboxylic acids is 2. The van der Waals surface area contributed by atoms with Crippen molar-refractivity contribution in [3.63, 3.8) is 0 Å². The molecule has 0 fully saturated rings. The molecule has 0 radical (unpaired) electrons. The Hall–Kier alpha value is -2.53. The number of carbonyl (C=O) groups is 2. The van der Waals surface area contributed by atoms with Gasteiger partial charge < -0.3 is 14.8 Å². The molecule has 150 valence electrons. The van der Waals surface area contributed by atoms with E-state index in [2.05, 4.69) is 5.32 Å². The fourth-order valence-corrected chi connectivity index (χ4v) is 2.98. The Labute approximate surface area is 171 Å². The molecule has 0 atom stereocenters. The Morgan fingerprint density at radius 3 is 2.39 bits per heavy atom. The highest BCUT2D eigenvalue weighted by Gasteiger charge is 2.18. The predicted octanol–water partition coefficient (Wildman–Crippen LogP) is 5.68. The van der Waals surface area contributed by atoms with Crippen molar-refractivity contribution in [1.29, 1.82) is 0 Å². The van der Waals surface area contributed by atoms with E-state index in [-0.39, 0.29) is 12.0 Å². The van der Waals surface area contributed by atoms with Gasteiger partial charge in [-0.1, -0.05) is 25.4 Å². The maximum absolute atomic E-state index is 12.8. The van der Waals surface area contributed by atoms with E-state index < -0.39 is 0 Å². The monoisotopic (exact) mass is 403 g/mol. The van der Waals surface area contributed by atoms with Crippen LogP contribution in [0, 0.1) is 6.92 Å². The molecule has 0 unspecified atom stereocenters. The second-order valence-corrected chi connectivity index (χ2v) is 6.80. The van der Waals surface area contributed by atoms with Gasteiger partial charge >= 0.3 is 0 Å². The predicted molar refractivity (Wildman–Crippen MR) is 112 cm³/mol. The van der Waals surface area contributed by atoms with Crippen LogP contribution in [0.3, 0.4) is 0 Å². The van der Waals surface area contributed by atoms with Crippen molar-refractivity contribution in [2.45, 2.75) is 46.6 Å². The molecule has 5 nitrogen and oxygen atoms in total. The minimum absolute atomic E-state index is 0.00354. The van der Waals surface area contributed by atoms with Gasteiger partial charge in [0.25, 0.3) is 5.91 Å². The van der Waals surface area contributed by atoms with Crippen LogP contribution in [0.4, 0.5) is 5.69 Å². The topological polar surface area (TPSA) is 64.6 Å². The Balaban J connectivity index is 2.34. The number of benzene rings is 2. The van der Waals surface area contributed by atoms with E-state index in [0.29, 0.717) is 39.9 Å². The molecule has 0 spiro atoms. The van der Waals surface area contributed by atoms with E-state index in [0.717, 1.165) is 24.7 Å². The summed E-state index contributed by atoms with van der Waals surface area (Å²) in [5.74, 6) is 0.523. The van der Waals surface area contributed by atoms with Gasteiger partial charge in [0.1, 0.15) is 22.8 Å². The first kappa shape index (κ1) is 21.8. The van der Waals surface area contributed by atoms with Gasteiger partial charge in [0, 0.05) is 16.8 Å². The molecule has 1 amide bonds. The van der Waals surface area contributed by atoms with E-state index in [4.69, 9.17) is 21.1 Å². The summed E-state index contributed by atoms with van der Waals surface area (Å²) >= 11 is 6.42. The van der Waals surface area contributed by atoms with Crippen LogP contribution < -0.4 is 14.8 Å². The van der Waals surface area contributed by atoms with Crippen LogP contribution in [0.15, 0.2) is 30.3 Å². The molecule has 0 aliphatic heterocycles. The van der Waals surface area contributed by atoms with Crippen molar-refractivity contribution in [2.75, 3.05) is 11.9 Å². The van der Waals surface area contributed by atoms with E-state index in [1.54, 1.807) is 30.3 Å². The summed E-state index contributed by atoms with van der Waals surface area (Å²) in [5, 5.41) is 3.20. The average Bonchev–Trinajstić information content (AvgIpc) is 2.68. The summed E-state index contributed by atoms with van der Waals surface area (Å²) in [7, 11) is 0. The minimum Gasteiger partial charge on any atom is -0.492 e. The van der Waals surface area contributed by atoms with Gasteiger partial charge in [-0.05, 0) is 62.6 Å². The molecule has 6 heteroatoms. The van der Waals surface area contributed by atoms with E-state index >= 15 is 0 Å². The number of anilines is 1. The number of aryl methyl sites for hydroxylation is 1. The number of hydrogen-bond acceptors (Lipinski definition) is 4. The molecule has 0 heterocycles. The summed E-state index contributed by atoms with van der Waals surface area (Å²) in [5.41, 5.74) is 2.36. The van der Waals surface area contributed by atoms with Gasteiger partial charge in [-0.3, -0.25) is 9.59 Å². The van der Waals surface area contributed by atoms with Crippen LogP contribution >= 0.6 is 11.6 Å². The Morgan fingerprint density at radius 2 is 1.82 bits per heavy atom. The number of nitrogens with one attached hydrogen (secondary N) is 1. The van der Waals surface area contributed by atoms with Crippen molar-refractivity contribution in [3.05, 3.63) is 52.0 Å². The van der Waals surface area contributed by atoms with Crippen LogP contribution in [-0.2, 0) is 0 Å². The SMILES string of the molecule is CCOc1cc(C(=O)Nc2ccc(C=O)c(C)c2)cc(OC(CC)CC)c1Cl. The summed E-state index contributed by atoms with van der Waals surface area (Å²) in [6.45, 7) is 8.15. The number of amides is 1. The maximum Gasteiger partial charge on any atom is 0.255 e. The van der Waals surface area contributed by atoms with Crippen molar-refractivity contribution in [3.8, 4) is 11.5 Å². The van der Waals surface area contributed by atoms with Crippen LogP contribution in [0.2, 0.25) is 5.02 Å². The average molecular weight is 404 g/mol. The van der Waals surface area contributed by atoms with Crippen LogP contribution in [0.5, 0.6) is 11.5 Å². The van der Waals surface area contributed by atoms with Gasteiger partial charge in [0.15, 0.2) is 0 Å². The minimum atomic E-state index is -0.315. The number of hydrogen-bond donors (Lipinski definition) is 1. The first-order valence-electron chi connectivity index (χ1n) is 9.43. The molecular formula is C22H26ClNO4. The second kappa shape index (κ2) is 10.1. The maximum atomic E-state index is 12.8. The molecule has 0 saturated carbocycles. The zero-order valence-corrected chi connectivity index (χ0v) is 17.4. The lowest BCUT2D eigenvalue weighted by atomic mass is 10.1. The molecule has 2 aromatic rings. The lowest BCUT2D eigenvalue weighted by Crippen LogP contribution is -2.16. The van der Waals surface area contributed by atoms with E-state index in [1.165, 1.54) is 0 Å². The Bertz CT molecular complexity index is 847. The van der Waals surface area contributed by atoms with Gasteiger partial charge in [0.2, 0.25) is 0 Å². The largest absolute Gasteiger partial charge is 0.492 e. The van der Waals surface area contributed by atoms with Gasteiger partial charge in [-0.15, -0.1) is 0 Å². The first-order valence-corrected chi connectivity index (χ1v) is 9.81. The quantitative estimate of drug-likeness (QED) is 0.547. The number of ether oxygens (including phenoxy) is 2. The fraction of sp³-hybridized carbons (Fsp3) is 0.364. The van der Waals surface area contributed by atoms with E-state index in [9.17, 15) is 9.59 Å². The summed E-state index contributed by atoms with van der Waals surface area (Å²) in [4.78, 5) is 23.8. The summed E-state index contributed by atoms with van der Waals surface area (Å²) in [6, 6.07) is 8.35. The highest BCUT2D eigenvalue weighted by molar-refractivity contribution is 6.33. The van der Waals surface area contributed by atoms with Crippen molar-refractivity contribution in [2.24, 2.45) is 0 Å². The number of rotatable bonds is 9. The van der Waals surface area contributed by atoms with Crippen LogP contribution in [-0.4, -0.2) is 24.9 Å². The lowest BCUT2D eigenvalue weighted by molar-refractivity contribution is 0.102. The molecule has 0 saturated heterocycles. The summed E-state index contributed by atoms with van der Waals surface area (Å²) in [6.07, 6.45) is 2.45. The third kappa shape index (κ3) is 5.26. The molecule has 0 aliphatic carbocycles. The lowest BCUT2D eigenvalue weighted by Gasteiger charge is -2.19. The Morgan fingerprint density at radius 1 is 1.14 bits per heavy atom. The normalized spacial score (nSPS) is 10.6. The van der Waals surface area contributed by atoms with Crippen LogP contribution in [0.25, 0.3) is 0 Å². The molecule has 28 heavy (non-hydrogen) atoms. The smallest absolute Gasteiger partial charge is 0.255 e. The molecule has 2 aromatic carbocycles. The highest BCUT2D eigenvalue weighted by Crippen LogP contribution is 2.37. The zero-order chi connectivity index (χ0) is 20.7. The molecule has 0 aliphatic rings.